The van der Waals surface area contributed by atoms with Crippen molar-refractivity contribution in [2.45, 2.75) is 31.2 Å². The first-order valence-corrected chi connectivity index (χ1v) is 10.6. The van der Waals surface area contributed by atoms with Crippen molar-refractivity contribution < 1.29 is 17.9 Å². The SMILES string of the molecule is CCCn1c(CCNS(=O)(=O)c2cc(OC)ccc2OC)nc2ccccc21. The highest BCUT2D eigenvalue weighted by molar-refractivity contribution is 7.89. The van der Waals surface area contributed by atoms with Crippen molar-refractivity contribution in [3.63, 3.8) is 0 Å². The van der Waals surface area contributed by atoms with Gasteiger partial charge in [0, 0.05) is 25.6 Å². The van der Waals surface area contributed by atoms with E-state index >= 15 is 0 Å². The number of aryl methyl sites for hydroxylation is 1. The van der Waals surface area contributed by atoms with Gasteiger partial charge in [-0.15, -0.1) is 0 Å². The van der Waals surface area contributed by atoms with Crippen LogP contribution in [0.25, 0.3) is 11.0 Å². The summed E-state index contributed by atoms with van der Waals surface area (Å²) in [5.41, 5.74) is 1.99. The molecule has 0 unspecified atom stereocenters. The highest BCUT2D eigenvalue weighted by Gasteiger charge is 2.20. The maximum atomic E-state index is 12.8. The van der Waals surface area contributed by atoms with E-state index in [-0.39, 0.29) is 17.2 Å². The summed E-state index contributed by atoms with van der Waals surface area (Å²) in [4.78, 5) is 4.72. The third-order valence-corrected chi connectivity index (χ3v) is 5.96. The molecule has 3 rings (SSSR count). The Bertz CT molecular complexity index is 1060. The Morgan fingerprint density at radius 1 is 1.11 bits per heavy atom. The van der Waals surface area contributed by atoms with E-state index in [0.29, 0.717) is 12.2 Å². The first-order chi connectivity index (χ1) is 13.5. The highest BCUT2D eigenvalue weighted by atomic mass is 32.2. The number of rotatable bonds is 9. The molecule has 1 aromatic heterocycles. The maximum Gasteiger partial charge on any atom is 0.244 e. The minimum Gasteiger partial charge on any atom is -0.497 e. The van der Waals surface area contributed by atoms with Crippen LogP contribution < -0.4 is 14.2 Å². The number of methoxy groups -OCH3 is 2. The minimum absolute atomic E-state index is 0.0522. The Morgan fingerprint density at radius 2 is 1.89 bits per heavy atom. The van der Waals surface area contributed by atoms with Crippen molar-refractivity contribution in [2.75, 3.05) is 20.8 Å². The van der Waals surface area contributed by atoms with E-state index in [1.54, 1.807) is 12.1 Å². The fraction of sp³-hybridized carbons (Fsp3) is 0.350. The smallest absolute Gasteiger partial charge is 0.244 e. The Balaban J connectivity index is 1.80. The van der Waals surface area contributed by atoms with E-state index in [0.717, 1.165) is 29.8 Å². The van der Waals surface area contributed by atoms with Crippen LogP contribution in [0.1, 0.15) is 19.2 Å². The zero-order valence-electron chi connectivity index (χ0n) is 16.3. The summed E-state index contributed by atoms with van der Waals surface area (Å²) in [5, 5.41) is 0. The van der Waals surface area contributed by atoms with Gasteiger partial charge in [0.15, 0.2) is 0 Å². The zero-order valence-corrected chi connectivity index (χ0v) is 17.1. The summed E-state index contributed by atoms with van der Waals surface area (Å²) >= 11 is 0. The number of benzene rings is 2. The molecular weight excluding hydrogens is 378 g/mol. The van der Waals surface area contributed by atoms with Crippen LogP contribution in [0.3, 0.4) is 0 Å². The van der Waals surface area contributed by atoms with Crippen LogP contribution in [0.5, 0.6) is 11.5 Å². The summed E-state index contributed by atoms with van der Waals surface area (Å²) in [6.07, 6.45) is 1.46. The van der Waals surface area contributed by atoms with Crippen molar-refractivity contribution in [1.82, 2.24) is 14.3 Å². The van der Waals surface area contributed by atoms with E-state index in [9.17, 15) is 8.42 Å². The lowest BCUT2D eigenvalue weighted by molar-refractivity contribution is 0.392. The Hall–Kier alpha value is -2.58. The number of nitrogens with zero attached hydrogens (tertiary/aromatic N) is 2. The maximum absolute atomic E-state index is 12.8. The first-order valence-electron chi connectivity index (χ1n) is 9.16. The van der Waals surface area contributed by atoms with E-state index in [4.69, 9.17) is 9.47 Å². The molecule has 0 aliphatic heterocycles. The second-order valence-electron chi connectivity index (χ2n) is 6.33. The number of aromatic nitrogens is 2. The summed E-state index contributed by atoms with van der Waals surface area (Å²) in [5.74, 6) is 1.58. The van der Waals surface area contributed by atoms with Crippen molar-refractivity contribution in [1.29, 1.82) is 0 Å². The molecule has 0 saturated heterocycles. The van der Waals surface area contributed by atoms with Crippen LogP contribution in [0.4, 0.5) is 0 Å². The van der Waals surface area contributed by atoms with Gasteiger partial charge in [-0.25, -0.2) is 18.1 Å². The third-order valence-electron chi connectivity index (χ3n) is 4.48. The average molecular weight is 404 g/mol. The van der Waals surface area contributed by atoms with Gasteiger partial charge in [0.05, 0.1) is 25.3 Å². The van der Waals surface area contributed by atoms with Gasteiger partial charge < -0.3 is 14.0 Å². The van der Waals surface area contributed by atoms with Crippen molar-refractivity contribution >= 4 is 21.1 Å². The van der Waals surface area contributed by atoms with Gasteiger partial charge in [-0.1, -0.05) is 19.1 Å². The molecule has 150 valence electrons. The zero-order chi connectivity index (χ0) is 20.1. The average Bonchev–Trinajstić information content (AvgIpc) is 3.05. The van der Waals surface area contributed by atoms with Gasteiger partial charge in [0.1, 0.15) is 22.2 Å². The molecule has 3 aromatic rings. The standard InChI is InChI=1S/C20H25N3O4S/c1-4-13-23-17-8-6-5-7-16(17)22-20(23)11-12-21-28(24,25)19-14-15(26-2)9-10-18(19)27-3/h5-10,14,21H,4,11-13H2,1-3H3. The predicted octanol–water partition coefficient (Wildman–Crippen LogP) is 2.98. The number of hydrogen-bond acceptors (Lipinski definition) is 5. The lowest BCUT2D eigenvalue weighted by Gasteiger charge is -2.12. The largest absolute Gasteiger partial charge is 0.497 e. The van der Waals surface area contributed by atoms with E-state index in [2.05, 4.69) is 21.2 Å². The van der Waals surface area contributed by atoms with Crippen LogP contribution in [0.15, 0.2) is 47.4 Å². The van der Waals surface area contributed by atoms with Crippen LogP contribution in [0.2, 0.25) is 0 Å². The van der Waals surface area contributed by atoms with Gasteiger partial charge in [0.25, 0.3) is 0 Å². The quantitative estimate of drug-likeness (QED) is 0.594. The molecule has 0 bridgehead atoms. The van der Waals surface area contributed by atoms with E-state index < -0.39 is 10.0 Å². The molecule has 0 saturated carbocycles. The van der Waals surface area contributed by atoms with Crippen LogP contribution >= 0.6 is 0 Å². The van der Waals surface area contributed by atoms with Gasteiger partial charge in [0.2, 0.25) is 10.0 Å². The van der Waals surface area contributed by atoms with Gasteiger partial charge in [-0.3, -0.25) is 0 Å². The fourth-order valence-corrected chi connectivity index (χ4v) is 4.37. The topological polar surface area (TPSA) is 82.5 Å². The molecule has 0 spiro atoms. The normalized spacial score (nSPS) is 11.7. The van der Waals surface area contributed by atoms with Crippen LogP contribution in [-0.4, -0.2) is 38.7 Å². The second kappa shape index (κ2) is 8.62. The number of hydrogen-bond donors (Lipinski definition) is 1. The number of imidazole rings is 1. The number of fused-ring (bicyclic) bond motifs is 1. The molecule has 0 fully saturated rings. The molecule has 28 heavy (non-hydrogen) atoms. The molecule has 8 heteroatoms. The summed E-state index contributed by atoms with van der Waals surface area (Å²) in [6, 6.07) is 12.6. The third kappa shape index (κ3) is 4.13. The summed E-state index contributed by atoms with van der Waals surface area (Å²) < 4.78 is 40.7. The Kier molecular flexibility index (Phi) is 6.21. The Labute approximate surface area is 165 Å². The lowest BCUT2D eigenvalue weighted by atomic mass is 10.3. The van der Waals surface area contributed by atoms with Crippen molar-refractivity contribution in [3.8, 4) is 11.5 Å². The minimum atomic E-state index is -3.75. The molecule has 1 heterocycles. The summed E-state index contributed by atoms with van der Waals surface area (Å²) in [7, 11) is -0.825. The van der Waals surface area contributed by atoms with E-state index in [1.807, 2.05) is 24.3 Å². The molecule has 0 atom stereocenters. The van der Waals surface area contributed by atoms with Crippen LogP contribution in [-0.2, 0) is 23.0 Å². The van der Waals surface area contributed by atoms with Gasteiger partial charge in [-0.2, -0.15) is 0 Å². The molecular formula is C20H25N3O4S. The lowest BCUT2D eigenvalue weighted by Crippen LogP contribution is -2.27. The molecule has 0 aliphatic rings. The monoisotopic (exact) mass is 403 g/mol. The number of para-hydroxylation sites is 2. The first kappa shape index (κ1) is 20.2. The number of ether oxygens (including phenoxy) is 2. The Morgan fingerprint density at radius 3 is 2.61 bits per heavy atom. The highest BCUT2D eigenvalue weighted by Crippen LogP contribution is 2.28. The molecule has 2 aromatic carbocycles. The molecule has 0 amide bonds. The molecule has 1 N–H and O–H groups in total. The fourth-order valence-electron chi connectivity index (χ4n) is 3.16. The molecule has 0 aliphatic carbocycles. The van der Waals surface area contributed by atoms with E-state index in [1.165, 1.54) is 20.3 Å². The predicted molar refractivity (Wildman–Crippen MR) is 108 cm³/mol. The van der Waals surface area contributed by atoms with Gasteiger partial charge >= 0.3 is 0 Å². The molecule has 0 radical (unpaired) electrons. The molecule has 7 nitrogen and oxygen atoms in total. The number of nitrogens with one attached hydrogen (secondary N) is 1. The second-order valence-corrected chi connectivity index (χ2v) is 8.07. The van der Waals surface area contributed by atoms with Crippen LogP contribution in [0, 0.1) is 0 Å². The van der Waals surface area contributed by atoms with Gasteiger partial charge in [-0.05, 0) is 30.7 Å². The van der Waals surface area contributed by atoms with Crippen molar-refractivity contribution in [3.05, 3.63) is 48.3 Å². The van der Waals surface area contributed by atoms with Crippen molar-refractivity contribution in [2.24, 2.45) is 0 Å². The summed E-state index contributed by atoms with van der Waals surface area (Å²) in [6.45, 7) is 3.18. The number of sulfonamides is 1.